The summed E-state index contributed by atoms with van der Waals surface area (Å²) in [6.07, 6.45) is -5.32. The van der Waals surface area contributed by atoms with E-state index < -0.39 is 54.8 Å². The van der Waals surface area contributed by atoms with Crippen LogP contribution < -0.4 is 0 Å². The van der Waals surface area contributed by atoms with Gasteiger partial charge in [0.1, 0.15) is 0 Å². The van der Waals surface area contributed by atoms with E-state index in [-0.39, 0.29) is 6.54 Å². The summed E-state index contributed by atoms with van der Waals surface area (Å²) in [4.78, 5) is 13.3. The van der Waals surface area contributed by atoms with Crippen molar-refractivity contribution in [2.75, 3.05) is 26.2 Å². The van der Waals surface area contributed by atoms with E-state index in [9.17, 15) is 61.9 Å². The number of unbranched alkanes of at least 4 members (excludes halogenated alkanes) is 2. The molecule has 0 unspecified atom stereocenters. The van der Waals surface area contributed by atoms with E-state index in [4.69, 9.17) is 0 Å². The molecule has 0 N–H and O–H groups in total. The van der Waals surface area contributed by atoms with Crippen LogP contribution in [0, 0.1) is 0 Å². The fraction of sp³-hybridized carbons (Fsp3) is 0.944. The zero-order valence-corrected chi connectivity index (χ0v) is 18.0. The Labute approximate surface area is 186 Å². The van der Waals surface area contributed by atoms with Gasteiger partial charge < -0.3 is 9.64 Å². The van der Waals surface area contributed by atoms with E-state index in [2.05, 4.69) is 4.74 Å². The maximum Gasteiger partial charge on any atom is 0.460 e. The fourth-order valence-corrected chi connectivity index (χ4v) is 2.48. The first-order chi connectivity index (χ1) is 15.1. The smallest absolute Gasteiger partial charge is 0.459 e. The summed E-state index contributed by atoms with van der Waals surface area (Å²) in [7, 11) is 0. The number of hydrogen-bond donors (Lipinski definition) is 0. The number of halogens is 13. The Hall–Kier alpha value is -1.48. The quantitative estimate of drug-likeness (QED) is 0.176. The van der Waals surface area contributed by atoms with Gasteiger partial charge in [-0.05, 0) is 25.9 Å². The Morgan fingerprint density at radius 2 is 1.06 bits per heavy atom. The molecule has 0 saturated carbocycles. The number of carbonyl (C=O) groups excluding carboxylic acids is 1. The highest BCUT2D eigenvalue weighted by molar-refractivity contribution is 5.69. The zero-order chi connectivity index (χ0) is 27.2. The molecule has 0 aromatic carbocycles. The number of nitrogens with zero attached hydrogens (tertiary/aromatic N) is 1. The van der Waals surface area contributed by atoms with Gasteiger partial charge in [0.25, 0.3) is 0 Å². The third kappa shape index (κ3) is 6.80. The molecular formula is C18H24F13NO2. The van der Waals surface area contributed by atoms with Crippen molar-refractivity contribution in [1.29, 1.82) is 0 Å². The lowest BCUT2D eigenvalue weighted by atomic mass is 9.94. The minimum absolute atomic E-state index is 0.118. The standard InChI is InChI=1S/C18H24F13NO2/c1-3-5-8-32(9-6-4-2)10-7-12(33)34-11-13(19,20)14(21,22)15(23,24)16(25,26)17(27,28)18(29,30)31/h3-11H2,1-2H3. The summed E-state index contributed by atoms with van der Waals surface area (Å²) in [6.45, 7) is 1.54. The summed E-state index contributed by atoms with van der Waals surface area (Å²) in [5.74, 6) is -39.2. The maximum atomic E-state index is 13.6. The van der Waals surface area contributed by atoms with Crippen LogP contribution >= 0.6 is 0 Å². The highest BCUT2D eigenvalue weighted by atomic mass is 19.4. The average molecular weight is 533 g/mol. The second-order valence-corrected chi connectivity index (χ2v) is 7.46. The molecule has 0 radical (unpaired) electrons. The summed E-state index contributed by atoms with van der Waals surface area (Å²) in [5.41, 5.74) is 0. The van der Waals surface area contributed by atoms with Crippen molar-refractivity contribution >= 4 is 5.97 Å². The van der Waals surface area contributed by atoms with Crippen LogP contribution in [0.3, 0.4) is 0 Å². The molecule has 3 nitrogen and oxygen atoms in total. The lowest BCUT2D eigenvalue weighted by Gasteiger charge is -2.39. The molecule has 0 aliphatic heterocycles. The van der Waals surface area contributed by atoms with Crippen molar-refractivity contribution in [3.8, 4) is 0 Å². The van der Waals surface area contributed by atoms with Gasteiger partial charge in [-0.25, -0.2) is 0 Å². The predicted molar refractivity (Wildman–Crippen MR) is 92.6 cm³/mol. The van der Waals surface area contributed by atoms with Gasteiger partial charge in [-0.15, -0.1) is 0 Å². The van der Waals surface area contributed by atoms with E-state index in [1.165, 1.54) is 0 Å². The molecule has 0 aromatic rings. The topological polar surface area (TPSA) is 29.5 Å². The van der Waals surface area contributed by atoms with Crippen LogP contribution in [0.2, 0.25) is 0 Å². The number of carbonyl (C=O) groups is 1. The van der Waals surface area contributed by atoms with Crippen molar-refractivity contribution in [3.63, 3.8) is 0 Å². The first-order valence-electron chi connectivity index (χ1n) is 9.97. The van der Waals surface area contributed by atoms with Crippen molar-refractivity contribution in [2.24, 2.45) is 0 Å². The van der Waals surface area contributed by atoms with E-state index >= 15 is 0 Å². The minimum Gasteiger partial charge on any atom is -0.459 e. The monoisotopic (exact) mass is 533 g/mol. The molecule has 0 bridgehead atoms. The lowest BCUT2D eigenvalue weighted by Crippen LogP contribution is -2.70. The van der Waals surface area contributed by atoms with Crippen LogP contribution in [0.5, 0.6) is 0 Å². The Balaban J connectivity index is 5.42. The van der Waals surface area contributed by atoms with Crippen LogP contribution in [0.4, 0.5) is 57.1 Å². The SMILES string of the molecule is CCCCN(CCCC)CCC(=O)OCC(F)(F)C(F)(F)C(F)(F)C(F)(F)C(F)(F)C(F)(F)F. The summed E-state index contributed by atoms with van der Waals surface area (Å²) >= 11 is 0. The maximum absolute atomic E-state index is 13.6. The van der Waals surface area contributed by atoms with E-state index in [1.807, 2.05) is 13.8 Å². The fourth-order valence-electron chi connectivity index (χ4n) is 2.48. The molecule has 0 atom stereocenters. The second-order valence-electron chi connectivity index (χ2n) is 7.46. The van der Waals surface area contributed by atoms with Crippen molar-refractivity contribution in [3.05, 3.63) is 0 Å². The first kappa shape index (κ1) is 32.5. The minimum atomic E-state index is -7.98. The highest BCUT2D eigenvalue weighted by Crippen LogP contribution is 2.60. The molecular weight excluding hydrogens is 509 g/mol. The van der Waals surface area contributed by atoms with E-state index in [1.54, 1.807) is 4.90 Å². The molecule has 0 heterocycles. The van der Waals surface area contributed by atoms with Crippen LogP contribution in [0.1, 0.15) is 46.0 Å². The number of alkyl halides is 13. The lowest BCUT2D eigenvalue weighted by molar-refractivity contribution is -0.441. The Morgan fingerprint density at radius 1 is 0.647 bits per heavy atom. The number of esters is 1. The second kappa shape index (κ2) is 11.5. The predicted octanol–water partition coefficient (Wildman–Crippen LogP) is 6.56. The molecule has 0 aromatic heterocycles. The molecule has 0 spiro atoms. The van der Waals surface area contributed by atoms with Gasteiger partial charge in [0.15, 0.2) is 6.61 Å². The molecule has 0 saturated heterocycles. The molecule has 0 amide bonds. The van der Waals surface area contributed by atoms with Gasteiger partial charge >= 0.3 is 41.8 Å². The van der Waals surface area contributed by atoms with Gasteiger partial charge in [-0.1, -0.05) is 26.7 Å². The Morgan fingerprint density at radius 3 is 1.44 bits per heavy atom. The summed E-state index contributed by atoms with van der Waals surface area (Å²) in [6, 6.07) is 0. The molecule has 34 heavy (non-hydrogen) atoms. The first-order valence-corrected chi connectivity index (χ1v) is 9.97. The number of ether oxygens (including phenoxy) is 1. The molecule has 0 fully saturated rings. The van der Waals surface area contributed by atoms with Crippen molar-refractivity contribution < 1.29 is 66.6 Å². The van der Waals surface area contributed by atoms with Crippen LogP contribution in [0.25, 0.3) is 0 Å². The Bertz CT molecular complexity index is 642. The van der Waals surface area contributed by atoms with Gasteiger partial charge in [0.05, 0.1) is 6.42 Å². The van der Waals surface area contributed by atoms with Gasteiger partial charge in [0, 0.05) is 6.54 Å². The van der Waals surface area contributed by atoms with Crippen LogP contribution in [0.15, 0.2) is 0 Å². The molecule has 0 aliphatic carbocycles. The number of hydrogen-bond acceptors (Lipinski definition) is 3. The average Bonchev–Trinajstić information content (AvgIpc) is 2.70. The number of rotatable bonds is 15. The van der Waals surface area contributed by atoms with Gasteiger partial charge in [-0.2, -0.15) is 57.1 Å². The largest absolute Gasteiger partial charge is 0.460 e. The summed E-state index contributed by atoms with van der Waals surface area (Å²) < 4.78 is 173. The van der Waals surface area contributed by atoms with E-state index in [0.29, 0.717) is 25.9 Å². The molecule has 0 aliphatic rings. The summed E-state index contributed by atoms with van der Waals surface area (Å²) in [5, 5.41) is 0. The highest BCUT2D eigenvalue weighted by Gasteiger charge is 2.90. The van der Waals surface area contributed by atoms with Crippen LogP contribution in [-0.4, -0.2) is 72.9 Å². The molecule has 204 valence electrons. The third-order valence-electron chi connectivity index (χ3n) is 4.70. The third-order valence-corrected chi connectivity index (χ3v) is 4.70. The normalized spacial score (nSPS) is 14.6. The van der Waals surface area contributed by atoms with Gasteiger partial charge in [0.2, 0.25) is 0 Å². The molecule has 0 rings (SSSR count). The molecule has 16 heteroatoms. The van der Waals surface area contributed by atoms with Crippen molar-refractivity contribution in [2.45, 2.75) is 81.7 Å². The van der Waals surface area contributed by atoms with Gasteiger partial charge in [-0.3, -0.25) is 4.79 Å². The Kier molecular flexibility index (Phi) is 11.0. The van der Waals surface area contributed by atoms with Crippen LogP contribution in [-0.2, 0) is 9.53 Å². The van der Waals surface area contributed by atoms with E-state index in [0.717, 1.165) is 12.8 Å². The zero-order valence-electron chi connectivity index (χ0n) is 18.0. The van der Waals surface area contributed by atoms with Crippen molar-refractivity contribution in [1.82, 2.24) is 4.90 Å².